The van der Waals surface area contributed by atoms with E-state index in [1.807, 2.05) is 6.07 Å². The molecule has 0 atom stereocenters. The van der Waals surface area contributed by atoms with Crippen LogP contribution in [-0.2, 0) is 0 Å². The first-order chi connectivity index (χ1) is 14.6. The minimum atomic E-state index is -0.995. The Kier molecular flexibility index (Phi) is 6.65. The molecule has 0 spiro atoms. The molecule has 158 valence electrons. The van der Waals surface area contributed by atoms with Crippen LogP contribution in [0.4, 0.5) is 5.82 Å². The molecule has 0 bridgehead atoms. The molecule has 0 unspecified atom stereocenters. The van der Waals surface area contributed by atoms with E-state index >= 15 is 0 Å². The van der Waals surface area contributed by atoms with Gasteiger partial charge >= 0.3 is 5.97 Å². The van der Waals surface area contributed by atoms with E-state index in [0.29, 0.717) is 10.4 Å². The van der Waals surface area contributed by atoms with Gasteiger partial charge in [0.2, 0.25) is 0 Å². The van der Waals surface area contributed by atoms with Gasteiger partial charge in [0, 0.05) is 46.7 Å². The van der Waals surface area contributed by atoms with Gasteiger partial charge in [-0.05, 0) is 63.4 Å². The maximum atomic E-state index is 11.7. The van der Waals surface area contributed by atoms with Crippen molar-refractivity contribution in [1.29, 1.82) is 0 Å². The molecule has 2 N–H and O–H groups in total. The molecule has 0 amide bonds. The monoisotopic (exact) mass is 426 g/mol. The fourth-order valence-electron chi connectivity index (χ4n) is 4.21. The largest absolute Gasteiger partial charge is 0.478 e. The Morgan fingerprint density at radius 1 is 1.00 bits per heavy atom. The van der Waals surface area contributed by atoms with E-state index in [1.54, 1.807) is 18.3 Å². The molecule has 0 saturated carbocycles. The topological polar surface area (TPSA) is 78.3 Å². The molecule has 5 rings (SSSR count). The smallest absolute Gasteiger partial charge is 0.337 e. The predicted molar refractivity (Wildman–Crippen MR) is 122 cm³/mol. The van der Waals surface area contributed by atoms with E-state index in [9.17, 15) is 9.90 Å². The fraction of sp³-hybridized carbons (Fsp3) is 0.435. The van der Waals surface area contributed by atoms with Gasteiger partial charge in [0.1, 0.15) is 5.82 Å². The Balaban J connectivity index is 0.000000313. The van der Waals surface area contributed by atoms with Crippen LogP contribution in [0, 0.1) is 0 Å². The molecule has 7 heteroatoms. The molecule has 30 heavy (non-hydrogen) atoms. The summed E-state index contributed by atoms with van der Waals surface area (Å²) in [6, 6.07) is 5.40. The van der Waals surface area contributed by atoms with Gasteiger partial charge < -0.3 is 15.3 Å². The highest BCUT2D eigenvalue weighted by atomic mass is 35.5. The number of hydrogen-bond donors (Lipinski definition) is 2. The molecular weight excluding hydrogens is 400 g/mol. The number of aromatic nitrogens is 2. The van der Waals surface area contributed by atoms with Crippen molar-refractivity contribution in [3.05, 3.63) is 41.2 Å². The Bertz CT molecular complexity index is 1030. The van der Waals surface area contributed by atoms with Crippen molar-refractivity contribution in [1.82, 2.24) is 15.3 Å². The number of nitrogens with one attached hydrogen (secondary N) is 1. The van der Waals surface area contributed by atoms with Crippen molar-refractivity contribution in [3.8, 4) is 0 Å². The second-order valence-corrected chi connectivity index (χ2v) is 8.31. The van der Waals surface area contributed by atoms with E-state index in [2.05, 4.69) is 15.2 Å². The number of carboxylic acids is 1. The summed E-state index contributed by atoms with van der Waals surface area (Å²) < 4.78 is 0. The third kappa shape index (κ3) is 4.50. The van der Waals surface area contributed by atoms with E-state index in [0.717, 1.165) is 48.0 Å². The van der Waals surface area contributed by atoms with Crippen LogP contribution < -0.4 is 10.2 Å². The molecule has 1 aromatic carbocycles. The lowest BCUT2D eigenvalue weighted by Crippen LogP contribution is -2.30. The molecule has 0 radical (unpaired) electrons. The zero-order valence-corrected chi connectivity index (χ0v) is 17.8. The summed E-state index contributed by atoms with van der Waals surface area (Å²) >= 11 is 6.14. The van der Waals surface area contributed by atoms with E-state index in [-0.39, 0.29) is 5.56 Å². The summed E-state index contributed by atoms with van der Waals surface area (Å²) in [5.41, 5.74) is 0.932. The summed E-state index contributed by atoms with van der Waals surface area (Å²) in [7, 11) is 0. The van der Waals surface area contributed by atoms with Crippen LogP contribution in [0.2, 0.25) is 5.02 Å². The number of carboxylic acid groups (broad SMARTS) is 1. The zero-order valence-electron chi connectivity index (χ0n) is 17.0. The molecule has 2 aromatic heterocycles. The summed E-state index contributed by atoms with van der Waals surface area (Å²) in [5, 5.41) is 15.6. The first kappa shape index (κ1) is 20.8. The maximum absolute atomic E-state index is 11.7. The lowest BCUT2D eigenvalue weighted by Gasteiger charge is -2.29. The normalized spacial score (nSPS) is 16.9. The number of anilines is 1. The van der Waals surface area contributed by atoms with Crippen LogP contribution in [0.15, 0.2) is 30.6 Å². The number of nitrogens with zero attached hydrogens (tertiary/aromatic N) is 3. The minimum absolute atomic E-state index is 0.181. The van der Waals surface area contributed by atoms with Crippen molar-refractivity contribution in [2.24, 2.45) is 0 Å². The molecule has 4 heterocycles. The van der Waals surface area contributed by atoms with Crippen LogP contribution in [0.3, 0.4) is 0 Å². The first-order valence-electron chi connectivity index (χ1n) is 10.7. The quantitative estimate of drug-likeness (QED) is 0.568. The highest BCUT2D eigenvalue weighted by Gasteiger charge is 2.21. The number of pyridine rings is 2. The van der Waals surface area contributed by atoms with Gasteiger partial charge in [-0.2, -0.15) is 0 Å². The summed E-state index contributed by atoms with van der Waals surface area (Å²) in [4.78, 5) is 22.9. The standard InChI is InChI=1S/C18H16ClN3O2.C5H11N/c19-11-4-5-15-12(8-11)16-13(9-20-10-14(16)18(23)24)17(21-15)22-6-2-1-3-7-22;1-2-4-6-5-3-1/h4-5,8-10H,1-3,6-7H2,(H,23,24);6H,1-5H2. The second-order valence-electron chi connectivity index (χ2n) is 7.87. The molecule has 2 fully saturated rings. The van der Waals surface area contributed by atoms with Gasteiger partial charge in [-0.25, -0.2) is 9.78 Å². The second kappa shape index (κ2) is 9.58. The van der Waals surface area contributed by atoms with Crippen molar-refractivity contribution in [3.63, 3.8) is 0 Å². The SMILES string of the molecule is C1CCNCC1.O=C(O)c1cncc2c(N3CCCCC3)nc3ccc(Cl)cc3c12. The third-order valence-corrected chi connectivity index (χ3v) is 5.97. The Morgan fingerprint density at radius 2 is 1.73 bits per heavy atom. The zero-order chi connectivity index (χ0) is 20.9. The lowest BCUT2D eigenvalue weighted by atomic mass is 10.0. The van der Waals surface area contributed by atoms with Crippen molar-refractivity contribution < 1.29 is 9.90 Å². The van der Waals surface area contributed by atoms with Gasteiger partial charge in [0.05, 0.1) is 11.1 Å². The number of carbonyl (C=O) groups is 1. The molecule has 6 nitrogen and oxygen atoms in total. The van der Waals surface area contributed by atoms with Gasteiger partial charge in [-0.1, -0.05) is 18.0 Å². The third-order valence-electron chi connectivity index (χ3n) is 5.73. The van der Waals surface area contributed by atoms with Crippen molar-refractivity contribution >= 4 is 45.1 Å². The van der Waals surface area contributed by atoms with Crippen LogP contribution in [-0.4, -0.2) is 47.2 Å². The number of halogens is 1. The van der Waals surface area contributed by atoms with Crippen molar-refractivity contribution in [2.75, 3.05) is 31.1 Å². The average Bonchev–Trinajstić information content (AvgIpc) is 2.80. The van der Waals surface area contributed by atoms with Gasteiger partial charge in [-0.3, -0.25) is 4.98 Å². The number of piperidine rings is 2. The summed E-state index contributed by atoms with van der Waals surface area (Å²) in [6.07, 6.45) is 10.8. The summed E-state index contributed by atoms with van der Waals surface area (Å²) in [6.45, 7) is 4.36. The van der Waals surface area contributed by atoms with Gasteiger partial charge in [0.15, 0.2) is 0 Å². The van der Waals surface area contributed by atoms with Crippen molar-refractivity contribution in [2.45, 2.75) is 38.5 Å². The molecular formula is C23H27ClN4O2. The van der Waals surface area contributed by atoms with Crippen LogP contribution >= 0.6 is 11.6 Å². The van der Waals surface area contributed by atoms with Crippen LogP contribution in [0.1, 0.15) is 48.9 Å². The van der Waals surface area contributed by atoms with Crippen LogP contribution in [0.25, 0.3) is 21.7 Å². The number of fused-ring (bicyclic) bond motifs is 3. The molecule has 0 aliphatic carbocycles. The lowest BCUT2D eigenvalue weighted by molar-refractivity contribution is 0.0698. The minimum Gasteiger partial charge on any atom is -0.478 e. The average molecular weight is 427 g/mol. The maximum Gasteiger partial charge on any atom is 0.337 e. The Labute approximate surface area is 181 Å². The molecule has 3 aromatic rings. The van der Waals surface area contributed by atoms with Gasteiger partial charge in [0.25, 0.3) is 0 Å². The molecule has 2 aliphatic rings. The number of aromatic carboxylic acids is 1. The van der Waals surface area contributed by atoms with Gasteiger partial charge in [-0.15, -0.1) is 0 Å². The predicted octanol–water partition coefficient (Wildman–Crippen LogP) is 4.88. The van der Waals surface area contributed by atoms with E-state index in [4.69, 9.17) is 16.6 Å². The fourth-order valence-corrected chi connectivity index (χ4v) is 4.38. The Hall–Kier alpha value is -2.44. The first-order valence-corrected chi connectivity index (χ1v) is 11.1. The summed E-state index contributed by atoms with van der Waals surface area (Å²) in [5.74, 6) is -0.180. The molecule has 2 saturated heterocycles. The Morgan fingerprint density at radius 3 is 2.37 bits per heavy atom. The number of benzene rings is 1. The number of rotatable bonds is 2. The van der Waals surface area contributed by atoms with E-state index in [1.165, 1.54) is 45.0 Å². The van der Waals surface area contributed by atoms with Crippen LogP contribution in [0.5, 0.6) is 0 Å². The highest BCUT2D eigenvalue weighted by Crippen LogP contribution is 2.35. The highest BCUT2D eigenvalue weighted by molar-refractivity contribution is 6.32. The molecule has 2 aliphatic heterocycles. The van der Waals surface area contributed by atoms with E-state index < -0.39 is 5.97 Å². The number of hydrogen-bond acceptors (Lipinski definition) is 5.